The van der Waals surface area contributed by atoms with Crippen molar-refractivity contribution in [2.45, 2.75) is 25.7 Å². The molecule has 2 N–H and O–H groups in total. The zero-order chi connectivity index (χ0) is 23.5. The standard InChI is InChI=1S/C27H23ClN2O4/c28-22-9-5-4-6-18(22)10-11-20-14-21(25(32)15-24(20)31)23-12-13-29-30(23)27-17-33-16-26(34-27)19-7-2-1-3-8-19/h1-2,4-7,9,12-17,31-32H,3,8,10-11H2. The number of hydrogen-bond donors (Lipinski definition) is 2. The quantitative estimate of drug-likeness (QED) is 0.437. The van der Waals surface area contributed by atoms with Crippen LogP contribution in [0.3, 0.4) is 0 Å². The predicted molar refractivity (Wildman–Crippen MR) is 131 cm³/mol. The van der Waals surface area contributed by atoms with Gasteiger partial charge in [-0.05, 0) is 60.6 Å². The fourth-order valence-electron chi connectivity index (χ4n) is 4.04. The van der Waals surface area contributed by atoms with Crippen molar-refractivity contribution in [3.8, 4) is 22.8 Å². The molecule has 2 heterocycles. The van der Waals surface area contributed by atoms with Crippen LogP contribution in [0.2, 0.25) is 5.02 Å². The van der Waals surface area contributed by atoms with Gasteiger partial charge in [0.1, 0.15) is 17.8 Å². The molecule has 0 fully saturated rings. The van der Waals surface area contributed by atoms with Crippen molar-refractivity contribution in [2.24, 2.45) is 0 Å². The highest BCUT2D eigenvalue weighted by atomic mass is 35.5. The molecule has 0 unspecified atom stereocenters. The second kappa shape index (κ2) is 9.53. The van der Waals surface area contributed by atoms with E-state index in [9.17, 15) is 10.2 Å². The van der Waals surface area contributed by atoms with E-state index in [1.165, 1.54) is 12.3 Å². The summed E-state index contributed by atoms with van der Waals surface area (Å²) in [5.41, 5.74) is 3.84. The maximum Gasteiger partial charge on any atom is 0.257 e. The molecular weight excluding hydrogens is 452 g/mol. The Balaban J connectivity index is 1.42. The van der Waals surface area contributed by atoms with Crippen LogP contribution in [-0.2, 0) is 22.3 Å². The van der Waals surface area contributed by atoms with Gasteiger partial charge in [0.2, 0.25) is 0 Å². The fraction of sp³-hybridized carbons (Fsp3) is 0.148. The molecule has 0 amide bonds. The van der Waals surface area contributed by atoms with Gasteiger partial charge in [0.25, 0.3) is 5.88 Å². The van der Waals surface area contributed by atoms with Gasteiger partial charge in [-0.15, -0.1) is 0 Å². The minimum atomic E-state index is -0.0611. The lowest BCUT2D eigenvalue weighted by Gasteiger charge is -2.20. The first-order valence-corrected chi connectivity index (χ1v) is 11.4. The van der Waals surface area contributed by atoms with Gasteiger partial charge in [-0.2, -0.15) is 9.78 Å². The molecule has 172 valence electrons. The predicted octanol–water partition coefficient (Wildman–Crippen LogP) is 6.32. The average molecular weight is 475 g/mol. The highest BCUT2D eigenvalue weighted by Gasteiger charge is 2.21. The van der Waals surface area contributed by atoms with Crippen molar-refractivity contribution in [3.63, 3.8) is 0 Å². The third kappa shape index (κ3) is 4.45. The summed E-state index contributed by atoms with van der Waals surface area (Å²) in [5, 5.41) is 26.2. The molecule has 0 radical (unpaired) electrons. The topological polar surface area (TPSA) is 76.7 Å². The number of allylic oxidation sites excluding steroid dienone is 4. The van der Waals surface area contributed by atoms with E-state index in [1.807, 2.05) is 36.4 Å². The van der Waals surface area contributed by atoms with Gasteiger partial charge >= 0.3 is 0 Å². The molecule has 5 rings (SSSR count). The Morgan fingerprint density at radius 1 is 1.00 bits per heavy atom. The number of aromatic nitrogens is 2. The average Bonchev–Trinajstić information content (AvgIpc) is 3.35. The van der Waals surface area contributed by atoms with Crippen LogP contribution in [0.1, 0.15) is 24.0 Å². The Morgan fingerprint density at radius 3 is 2.68 bits per heavy atom. The van der Waals surface area contributed by atoms with Gasteiger partial charge in [-0.1, -0.05) is 48.0 Å². The molecule has 1 aliphatic heterocycles. The van der Waals surface area contributed by atoms with E-state index in [-0.39, 0.29) is 11.5 Å². The molecule has 0 spiro atoms. The van der Waals surface area contributed by atoms with Gasteiger partial charge in [0, 0.05) is 16.7 Å². The maximum absolute atomic E-state index is 10.7. The molecule has 2 aliphatic rings. The van der Waals surface area contributed by atoms with Gasteiger partial charge < -0.3 is 19.7 Å². The zero-order valence-corrected chi connectivity index (χ0v) is 19.1. The maximum atomic E-state index is 10.7. The van der Waals surface area contributed by atoms with Crippen LogP contribution < -0.4 is 0 Å². The number of rotatable bonds is 6. The lowest BCUT2D eigenvalue weighted by molar-refractivity contribution is 0.265. The number of nitrogens with zero attached hydrogens (tertiary/aromatic N) is 2. The van der Waals surface area contributed by atoms with E-state index < -0.39 is 0 Å². The normalized spacial score (nSPS) is 15.1. The Labute approximate surface area is 202 Å². The summed E-state index contributed by atoms with van der Waals surface area (Å²) in [5.74, 6) is 0.962. The van der Waals surface area contributed by atoms with Gasteiger partial charge in [-0.25, -0.2) is 0 Å². The summed E-state index contributed by atoms with van der Waals surface area (Å²) in [6.07, 6.45) is 13.8. The van der Waals surface area contributed by atoms with Gasteiger partial charge in [0.15, 0.2) is 12.0 Å². The Bertz CT molecular complexity index is 1350. The van der Waals surface area contributed by atoms with Crippen molar-refractivity contribution in [1.29, 1.82) is 0 Å². The molecule has 6 nitrogen and oxygen atoms in total. The van der Waals surface area contributed by atoms with Crippen LogP contribution >= 0.6 is 11.6 Å². The summed E-state index contributed by atoms with van der Waals surface area (Å²) in [7, 11) is 0. The molecule has 0 bridgehead atoms. The summed E-state index contributed by atoms with van der Waals surface area (Å²) >= 11 is 6.28. The van der Waals surface area contributed by atoms with Crippen LogP contribution in [0.25, 0.3) is 17.1 Å². The highest BCUT2D eigenvalue weighted by molar-refractivity contribution is 6.31. The Hall–Kier alpha value is -3.90. The number of aryl methyl sites for hydroxylation is 2. The monoisotopic (exact) mass is 474 g/mol. The first-order chi connectivity index (χ1) is 16.6. The van der Waals surface area contributed by atoms with Crippen LogP contribution in [0.4, 0.5) is 0 Å². The first-order valence-electron chi connectivity index (χ1n) is 11.0. The zero-order valence-electron chi connectivity index (χ0n) is 18.3. The molecule has 1 aliphatic carbocycles. The largest absolute Gasteiger partial charge is 0.508 e. The van der Waals surface area contributed by atoms with Crippen LogP contribution in [0.5, 0.6) is 11.5 Å². The smallest absolute Gasteiger partial charge is 0.257 e. The van der Waals surface area contributed by atoms with Gasteiger partial charge in [-0.3, -0.25) is 0 Å². The summed E-state index contributed by atoms with van der Waals surface area (Å²) in [4.78, 5) is 0. The number of benzene rings is 2. The molecule has 7 heteroatoms. The Morgan fingerprint density at radius 2 is 1.85 bits per heavy atom. The SMILES string of the molecule is Oc1cc(O)c(-c2ccnn2C2=COC=C(C3=CC=CCC3)O2)cc1CCc1ccccc1Cl. The van der Waals surface area contributed by atoms with E-state index in [0.717, 1.165) is 24.0 Å². The summed E-state index contributed by atoms with van der Waals surface area (Å²) < 4.78 is 13.2. The highest BCUT2D eigenvalue weighted by Crippen LogP contribution is 2.37. The van der Waals surface area contributed by atoms with E-state index >= 15 is 0 Å². The van der Waals surface area contributed by atoms with Crippen LogP contribution in [0.15, 0.2) is 90.7 Å². The lowest BCUT2D eigenvalue weighted by Crippen LogP contribution is -2.10. The van der Waals surface area contributed by atoms with E-state index in [2.05, 4.69) is 11.2 Å². The Kier molecular flexibility index (Phi) is 6.14. The first kappa shape index (κ1) is 21.9. The molecule has 2 aromatic carbocycles. The van der Waals surface area contributed by atoms with E-state index in [1.54, 1.807) is 29.3 Å². The minimum absolute atomic E-state index is 0.0262. The number of aromatic hydroxyl groups is 2. The van der Waals surface area contributed by atoms with Crippen molar-refractivity contribution < 1.29 is 19.7 Å². The number of ether oxygens (including phenoxy) is 2. The van der Waals surface area contributed by atoms with Crippen molar-refractivity contribution in [3.05, 3.63) is 107 Å². The number of hydrogen-bond acceptors (Lipinski definition) is 5. The third-order valence-electron chi connectivity index (χ3n) is 5.83. The van der Waals surface area contributed by atoms with Crippen LogP contribution in [0, 0.1) is 0 Å². The fourth-order valence-corrected chi connectivity index (χ4v) is 4.27. The molecule has 0 saturated heterocycles. The van der Waals surface area contributed by atoms with Gasteiger partial charge in [0.05, 0.1) is 11.9 Å². The molecule has 0 atom stereocenters. The number of halogens is 1. The second-order valence-electron chi connectivity index (χ2n) is 8.05. The minimum Gasteiger partial charge on any atom is -0.508 e. The van der Waals surface area contributed by atoms with E-state index in [0.29, 0.717) is 46.3 Å². The molecule has 3 aromatic rings. The number of phenols is 2. The van der Waals surface area contributed by atoms with E-state index in [4.69, 9.17) is 21.1 Å². The lowest BCUT2D eigenvalue weighted by atomic mass is 9.99. The molecule has 1 aromatic heterocycles. The third-order valence-corrected chi connectivity index (χ3v) is 6.20. The summed E-state index contributed by atoms with van der Waals surface area (Å²) in [6.45, 7) is 0. The van der Waals surface area contributed by atoms with Crippen molar-refractivity contribution in [2.75, 3.05) is 0 Å². The summed E-state index contributed by atoms with van der Waals surface area (Å²) in [6, 6.07) is 12.5. The molecule has 34 heavy (non-hydrogen) atoms. The molecular formula is C27H23ClN2O4. The van der Waals surface area contributed by atoms with Crippen molar-refractivity contribution in [1.82, 2.24) is 9.78 Å². The van der Waals surface area contributed by atoms with Crippen molar-refractivity contribution >= 4 is 17.5 Å². The van der Waals surface area contributed by atoms with Crippen LogP contribution in [-0.4, -0.2) is 20.0 Å². The number of phenolic OH excluding ortho intramolecular Hbond substituents is 2. The second-order valence-corrected chi connectivity index (χ2v) is 8.46. The molecule has 0 saturated carbocycles.